The second-order valence-electron chi connectivity index (χ2n) is 3.93. The van der Waals surface area contributed by atoms with Crippen molar-refractivity contribution in [1.29, 1.82) is 0 Å². The van der Waals surface area contributed by atoms with Crippen LogP contribution in [0.3, 0.4) is 0 Å². The Hall–Kier alpha value is -1.16. The minimum absolute atomic E-state index is 0.147. The van der Waals surface area contributed by atoms with E-state index in [1.54, 1.807) is 23.9 Å². The van der Waals surface area contributed by atoms with Crippen LogP contribution in [0.1, 0.15) is 19.3 Å². The van der Waals surface area contributed by atoms with Gasteiger partial charge in [-0.05, 0) is 37.1 Å². The van der Waals surface area contributed by atoms with Crippen LogP contribution in [0.15, 0.2) is 29.2 Å². The average Bonchev–Trinajstić information content (AvgIpc) is 3.05. The molecule has 1 aliphatic carbocycles. The number of thioether (sulfide) groups is 1. The standard InChI is InChI=1S/C12H15NO2S/c14-10-3-5-11(6-4-10)16-8-7-12(15)13-9-1-2-9/h3-6,9,14H,1-2,7-8H2,(H,13,15). The summed E-state index contributed by atoms with van der Waals surface area (Å²) in [7, 11) is 0. The molecule has 1 aliphatic rings. The number of carbonyl (C=O) groups is 1. The van der Waals surface area contributed by atoms with Gasteiger partial charge in [0.15, 0.2) is 0 Å². The summed E-state index contributed by atoms with van der Waals surface area (Å²) in [4.78, 5) is 12.5. The molecule has 0 aliphatic heterocycles. The van der Waals surface area contributed by atoms with Crippen LogP contribution in [0.5, 0.6) is 5.75 Å². The van der Waals surface area contributed by atoms with Crippen LogP contribution < -0.4 is 5.32 Å². The van der Waals surface area contributed by atoms with Gasteiger partial charge in [-0.2, -0.15) is 0 Å². The zero-order chi connectivity index (χ0) is 11.4. The third-order valence-electron chi connectivity index (χ3n) is 2.38. The lowest BCUT2D eigenvalue weighted by Gasteiger charge is -2.03. The van der Waals surface area contributed by atoms with E-state index in [2.05, 4.69) is 5.32 Å². The van der Waals surface area contributed by atoms with Crippen molar-refractivity contribution in [2.24, 2.45) is 0 Å². The molecule has 0 atom stereocenters. The maximum Gasteiger partial charge on any atom is 0.221 e. The SMILES string of the molecule is O=C(CCSc1ccc(O)cc1)NC1CC1. The summed E-state index contributed by atoms with van der Waals surface area (Å²) in [5.41, 5.74) is 0. The molecule has 0 heterocycles. The third kappa shape index (κ3) is 3.77. The van der Waals surface area contributed by atoms with E-state index in [-0.39, 0.29) is 11.7 Å². The lowest BCUT2D eigenvalue weighted by atomic mass is 10.3. The Balaban J connectivity index is 1.66. The number of nitrogens with one attached hydrogen (secondary N) is 1. The van der Waals surface area contributed by atoms with Gasteiger partial charge < -0.3 is 10.4 Å². The Morgan fingerprint density at radius 2 is 2.06 bits per heavy atom. The van der Waals surface area contributed by atoms with Gasteiger partial charge in [0.2, 0.25) is 5.91 Å². The number of hydrogen-bond donors (Lipinski definition) is 2. The fourth-order valence-corrected chi connectivity index (χ4v) is 2.18. The van der Waals surface area contributed by atoms with Gasteiger partial charge in [-0.15, -0.1) is 11.8 Å². The highest BCUT2D eigenvalue weighted by molar-refractivity contribution is 7.99. The maximum atomic E-state index is 11.4. The van der Waals surface area contributed by atoms with Crippen molar-refractivity contribution in [3.63, 3.8) is 0 Å². The van der Waals surface area contributed by atoms with E-state index in [1.165, 1.54) is 0 Å². The Morgan fingerprint density at radius 3 is 2.69 bits per heavy atom. The second-order valence-corrected chi connectivity index (χ2v) is 5.10. The third-order valence-corrected chi connectivity index (χ3v) is 3.39. The highest BCUT2D eigenvalue weighted by atomic mass is 32.2. The van der Waals surface area contributed by atoms with Crippen LogP contribution >= 0.6 is 11.8 Å². The van der Waals surface area contributed by atoms with Crippen molar-refractivity contribution in [1.82, 2.24) is 5.32 Å². The van der Waals surface area contributed by atoms with Crippen molar-refractivity contribution >= 4 is 17.7 Å². The first-order valence-corrected chi connectivity index (χ1v) is 6.44. The van der Waals surface area contributed by atoms with Crippen LogP contribution in [0.25, 0.3) is 0 Å². The fraction of sp³-hybridized carbons (Fsp3) is 0.417. The predicted octanol–water partition coefficient (Wildman–Crippen LogP) is 2.15. The topological polar surface area (TPSA) is 49.3 Å². The van der Waals surface area contributed by atoms with Gasteiger partial charge >= 0.3 is 0 Å². The lowest BCUT2D eigenvalue weighted by molar-refractivity contribution is -0.120. The Kier molecular flexibility index (Phi) is 3.72. The molecule has 1 amide bonds. The van der Waals surface area contributed by atoms with Crippen molar-refractivity contribution in [2.45, 2.75) is 30.2 Å². The molecule has 0 spiro atoms. The van der Waals surface area contributed by atoms with E-state index in [0.29, 0.717) is 12.5 Å². The van der Waals surface area contributed by atoms with E-state index in [0.717, 1.165) is 23.5 Å². The summed E-state index contributed by atoms with van der Waals surface area (Å²) < 4.78 is 0. The van der Waals surface area contributed by atoms with E-state index in [1.807, 2.05) is 12.1 Å². The molecule has 1 aromatic rings. The Labute approximate surface area is 99.2 Å². The van der Waals surface area contributed by atoms with E-state index < -0.39 is 0 Å². The summed E-state index contributed by atoms with van der Waals surface area (Å²) in [6, 6.07) is 7.49. The number of hydrogen-bond acceptors (Lipinski definition) is 3. The maximum absolute atomic E-state index is 11.4. The van der Waals surface area contributed by atoms with E-state index in [4.69, 9.17) is 5.11 Å². The van der Waals surface area contributed by atoms with E-state index in [9.17, 15) is 4.79 Å². The van der Waals surface area contributed by atoms with Gasteiger partial charge in [-0.1, -0.05) is 0 Å². The van der Waals surface area contributed by atoms with Crippen molar-refractivity contribution in [3.8, 4) is 5.75 Å². The number of carbonyl (C=O) groups excluding carboxylic acids is 1. The summed E-state index contributed by atoms with van der Waals surface area (Å²) in [5.74, 6) is 1.20. The summed E-state index contributed by atoms with van der Waals surface area (Å²) in [6.45, 7) is 0. The first-order chi connectivity index (χ1) is 7.74. The van der Waals surface area contributed by atoms with Crippen molar-refractivity contribution in [2.75, 3.05) is 5.75 Å². The molecule has 1 aromatic carbocycles. The number of phenolic OH excluding ortho intramolecular Hbond substituents is 1. The Morgan fingerprint density at radius 1 is 1.38 bits per heavy atom. The number of amides is 1. The number of phenols is 1. The van der Waals surface area contributed by atoms with Crippen LogP contribution in [0.2, 0.25) is 0 Å². The molecule has 0 radical (unpaired) electrons. The van der Waals surface area contributed by atoms with Crippen LogP contribution in [-0.4, -0.2) is 22.8 Å². The van der Waals surface area contributed by atoms with Gasteiger partial charge in [-0.3, -0.25) is 4.79 Å². The number of rotatable bonds is 5. The van der Waals surface area contributed by atoms with Gasteiger partial charge in [-0.25, -0.2) is 0 Å². The predicted molar refractivity (Wildman–Crippen MR) is 64.6 cm³/mol. The molecule has 1 fully saturated rings. The zero-order valence-corrected chi connectivity index (χ0v) is 9.80. The highest BCUT2D eigenvalue weighted by Crippen LogP contribution is 2.22. The van der Waals surface area contributed by atoms with Crippen molar-refractivity contribution in [3.05, 3.63) is 24.3 Å². The first kappa shape index (κ1) is 11.3. The molecular weight excluding hydrogens is 222 g/mol. The number of benzene rings is 1. The highest BCUT2D eigenvalue weighted by Gasteiger charge is 2.22. The molecule has 16 heavy (non-hydrogen) atoms. The van der Waals surface area contributed by atoms with Gasteiger partial charge in [0.1, 0.15) is 5.75 Å². The minimum Gasteiger partial charge on any atom is -0.508 e. The van der Waals surface area contributed by atoms with Gasteiger partial charge in [0.05, 0.1) is 0 Å². The monoisotopic (exact) mass is 237 g/mol. The molecule has 0 unspecified atom stereocenters. The quantitative estimate of drug-likeness (QED) is 0.771. The minimum atomic E-state index is 0.147. The van der Waals surface area contributed by atoms with Crippen LogP contribution in [0.4, 0.5) is 0 Å². The first-order valence-electron chi connectivity index (χ1n) is 5.45. The lowest BCUT2D eigenvalue weighted by Crippen LogP contribution is -2.25. The molecule has 2 rings (SSSR count). The normalized spacial score (nSPS) is 14.8. The summed E-state index contributed by atoms with van der Waals surface area (Å²) >= 11 is 1.63. The molecule has 4 heteroatoms. The smallest absolute Gasteiger partial charge is 0.221 e. The number of aromatic hydroxyl groups is 1. The molecular formula is C12H15NO2S. The molecule has 0 saturated heterocycles. The van der Waals surface area contributed by atoms with Crippen molar-refractivity contribution < 1.29 is 9.90 Å². The molecule has 0 bridgehead atoms. The average molecular weight is 237 g/mol. The van der Waals surface area contributed by atoms with Crippen LogP contribution in [0, 0.1) is 0 Å². The Bertz CT molecular complexity index is 360. The molecule has 2 N–H and O–H groups in total. The molecule has 3 nitrogen and oxygen atoms in total. The largest absolute Gasteiger partial charge is 0.508 e. The fourth-order valence-electron chi connectivity index (χ4n) is 1.33. The molecule has 1 saturated carbocycles. The zero-order valence-electron chi connectivity index (χ0n) is 8.98. The van der Waals surface area contributed by atoms with Crippen LogP contribution in [-0.2, 0) is 4.79 Å². The van der Waals surface area contributed by atoms with Gasteiger partial charge in [0.25, 0.3) is 0 Å². The van der Waals surface area contributed by atoms with E-state index >= 15 is 0 Å². The second kappa shape index (κ2) is 5.25. The van der Waals surface area contributed by atoms with Gasteiger partial charge in [0, 0.05) is 23.1 Å². The summed E-state index contributed by atoms with van der Waals surface area (Å²) in [5, 5.41) is 12.1. The summed E-state index contributed by atoms with van der Waals surface area (Å²) in [6.07, 6.45) is 2.83. The molecule has 0 aromatic heterocycles. The molecule has 86 valence electrons.